The number of aryl methyl sites for hydroxylation is 1. The van der Waals surface area contributed by atoms with E-state index in [1.54, 1.807) is 12.4 Å². The van der Waals surface area contributed by atoms with E-state index in [4.69, 9.17) is 0 Å². The van der Waals surface area contributed by atoms with Gasteiger partial charge in [-0.05, 0) is 25.8 Å². The molecule has 0 bridgehead atoms. The summed E-state index contributed by atoms with van der Waals surface area (Å²) in [7, 11) is 0. The normalized spacial score (nSPS) is 12.3. The number of rotatable bonds is 5. The van der Waals surface area contributed by atoms with Crippen molar-refractivity contribution >= 4 is 5.91 Å². The van der Waals surface area contributed by atoms with Crippen LogP contribution < -0.4 is 5.32 Å². The first-order valence-electron chi connectivity index (χ1n) is 5.93. The van der Waals surface area contributed by atoms with Crippen LogP contribution in [0.3, 0.4) is 0 Å². The minimum atomic E-state index is -0.239. The largest absolute Gasteiger partial charge is 0.354 e. The van der Waals surface area contributed by atoms with Gasteiger partial charge in [-0.3, -0.25) is 9.89 Å². The fraction of sp³-hybridized carbons (Fsp3) is 0.417. The lowest BCUT2D eigenvalue weighted by atomic mass is 10.2. The van der Waals surface area contributed by atoms with Crippen molar-refractivity contribution in [2.45, 2.75) is 26.3 Å². The van der Waals surface area contributed by atoms with Crippen molar-refractivity contribution in [1.29, 1.82) is 0 Å². The molecular weight excluding hydrogens is 230 g/mol. The van der Waals surface area contributed by atoms with Crippen LogP contribution in [0.2, 0.25) is 0 Å². The molecule has 0 radical (unpaired) electrons. The summed E-state index contributed by atoms with van der Waals surface area (Å²) in [6, 6.07) is -0.239. The maximum absolute atomic E-state index is 11.9. The quantitative estimate of drug-likeness (QED) is 0.822. The maximum Gasteiger partial charge on any atom is 0.242 e. The Morgan fingerprint density at radius 2 is 2.44 bits per heavy atom. The van der Waals surface area contributed by atoms with E-state index in [1.807, 2.05) is 30.8 Å². The third kappa shape index (κ3) is 2.77. The summed E-state index contributed by atoms with van der Waals surface area (Å²) < 4.78 is 1.85. The Labute approximate surface area is 105 Å². The summed E-state index contributed by atoms with van der Waals surface area (Å²) in [5.41, 5.74) is 1.08. The van der Waals surface area contributed by atoms with Gasteiger partial charge in [0.2, 0.25) is 5.91 Å². The zero-order chi connectivity index (χ0) is 13.0. The van der Waals surface area contributed by atoms with Crippen LogP contribution in [-0.4, -0.2) is 32.2 Å². The van der Waals surface area contributed by atoms with Crippen LogP contribution in [-0.2, 0) is 11.2 Å². The Morgan fingerprint density at radius 3 is 3.06 bits per heavy atom. The van der Waals surface area contributed by atoms with Crippen molar-refractivity contribution in [1.82, 2.24) is 25.1 Å². The zero-order valence-electron chi connectivity index (χ0n) is 10.6. The van der Waals surface area contributed by atoms with Crippen molar-refractivity contribution in [3.63, 3.8) is 0 Å². The van der Waals surface area contributed by atoms with Gasteiger partial charge in [0, 0.05) is 25.1 Å². The lowest BCUT2D eigenvalue weighted by molar-refractivity contribution is -0.123. The average molecular weight is 247 g/mol. The topological polar surface area (TPSA) is 75.6 Å². The smallest absolute Gasteiger partial charge is 0.242 e. The van der Waals surface area contributed by atoms with Crippen LogP contribution in [0.25, 0.3) is 0 Å². The van der Waals surface area contributed by atoms with Crippen molar-refractivity contribution in [3.8, 4) is 0 Å². The monoisotopic (exact) mass is 247 g/mol. The van der Waals surface area contributed by atoms with Gasteiger partial charge in [-0.15, -0.1) is 0 Å². The number of H-pyrrole nitrogens is 1. The SMILES string of the molecule is Cc1nccn1C(C)C(=O)NCCc1cn[nH]c1. The molecule has 2 rings (SSSR count). The number of carbonyl (C=O) groups excluding carboxylic acids is 1. The molecule has 0 aliphatic heterocycles. The standard InChI is InChI=1S/C12H17N5O/c1-9(17-6-5-13-10(17)2)12(18)14-4-3-11-7-15-16-8-11/h5-9H,3-4H2,1-2H3,(H,14,18)(H,15,16). The molecule has 0 aliphatic rings. The highest BCUT2D eigenvalue weighted by Crippen LogP contribution is 2.08. The van der Waals surface area contributed by atoms with Gasteiger partial charge in [0.15, 0.2) is 0 Å². The molecule has 0 saturated heterocycles. The van der Waals surface area contributed by atoms with Crippen LogP contribution in [0.15, 0.2) is 24.8 Å². The van der Waals surface area contributed by atoms with Gasteiger partial charge in [-0.1, -0.05) is 0 Å². The Kier molecular flexibility index (Phi) is 3.76. The number of carbonyl (C=O) groups is 1. The number of hydrogen-bond donors (Lipinski definition) is 2. The number of aromatic nitrogens is 4. The molecular formula is C12H17N5O. The third-order valence-corrected chi connectivity index (χ3v) is 2.93. The summed E-state index contributed by atoms with van der Waals surface area (Å²) in [6.45, 7) is 4.35. The van der Waals surface area contributed by atoms with Crippen molar-refractivity contribution in [2.75, 3.05) is 6.54 Å². The molecule has 1 unspecified atom stereocenters. The van der Waals surface area contributed by atoms with Gasteiger partial charge < -0.3 is 9.88 Å². The van der Waals surface area contributed by atoms with Gasteiger partial charge in [0.05, 0.1) is 6.20 Å². The highest BCUT2D eigenvalue weighted by molar-refractivity contribution is 5.79. The molecule has 2 heterocycles. The van der Waals surface area contributed by atoms with E-state index in [0.717, 1.165) is 17.8 Å². The minimum Gasteiger partial charge on any atom is -0.354 e. The second-order valence-electron chi connectivity index (χ2n) is 4.21. The molecule has 2 aromatic rings. The fourth-order valence-corrected chi connectivity index (χ4v) is 1.82. The van der Waals surface area contributed by atoms with Gasteiger partial charge in [0.1, 0.15) is 11.9 Å². The van der Waals surface area contributed by atoms with Crippen molar-refractivity contribution in [2.24, 2.45) is 0 Å². The third-order valence-electron chi connectivity index (χ3n) is 2.93. The number of hydrogen-bond acceptors (Lipinski definition) is 3. The van der Waals surface area contributed by atoms with Crippen LogP contribution in [0.4, 0.5) is 0 Å². The Hall–Kier alpha value is -2.11. The van der Waals surface area contributed by atoms with E-state index in [9.17, 15) is 4.79 Å². The van der Waals surface area contributed by atoms with E-state index in [1.165, 1.54) is 0 Å². The lowest BCUT2D eigenvalue weighted by Gasteiger charge is -2.14. The van der Waals surface area contributed by atoms with E-state index in [2.05, 4.69) is 20.5 Å². The molecule has 1 amide bonds. The van der Waals surface area contributed by atoms with Gasteiger partial charge in [0.25, 0.3) is 0 Å². The fourth-order valence-electron chi connectivity index (χ4n) is 1.82. The molecule has 0 saturated carbocycles. The molecule has 0 spiro atoms. The summed E-state index contributed by atoms with van der Waals surface area (Å²) in [6.07, 6.45) is 7.88. The Morgan fingerprint density at radius 1 is 1.61 bits per heavy atom. The van der Waals surface area contributed by atoms with Crippen LogP contribution >= 0.6 is 0 Å². The number of nitrogens with zero attached hydrogens (tertiary/aromatic N) is 3. The molecule has 6 heteroatoms. The zero-order valence-corrected chi connectivity index (χ0v) is 10.6. The average Bonchev–Trinajstić information content (AvgIpc) is 2.99. The van der Waals surface area contributed by atoms with Gasteiger partial charge in [-0.2, -0.15) is 5.10 Å². The molecule has 6 nitrogen and oxygen atoms in total. The summed E-state index contributed by atoms with van der Waals surface area (Å²) >= 11 is 0. The van der Waals surface area contributed by atoms with Crippen molar-refractivity contribution in [3.05, 3.63) is 36.2 Å². The first-order chi connectivity index (χ1) is 8.68. The van der Waals surface area contributed by atoms with Crippen molar-refractivity contribution < 1.29 is 4.79 Å². The lowest BCUT2D eigenvalue weighted by Crippen LogP contribution is -2.32. The van der Waals surface area contributed by atoms with E-state index >= 15 is 0 Å². The highest BCUT2D eigenvalue weighted by atomic mass is 16.2. The highest BCUT2D eigenvalue weighted by Gasteiger charge is 2.15. The van der Waals surface area contributed by atoms with E-state index in [0.29, 0.717) is 6.54 Å². The summed E-state index contributed by atoms with van der Waals surface area (Å²) in [5, 5.41) is 9.51. The Bertz CT molecular complexity index is 502. The number of imidazole rings is 1. The molecule has 18 heavy (non-hydrogen) atoms. The minimum absolute atomic E-state index is 0.000375. The molecule has 0 aromatic carbocycles. The second-order valence-corrected chi connectivity index (χ2v) is 4.21. The molecule has 1 atom stereocenters. The predicted octanol–water partition coefficient (Wildman–Crippen LogP) is 0.835. The van der Waals surface area contributed by atoms with E-state index in [-0.39, 0.29) is 11.9 Å². The number of aromatic amines is 1. The van der Waals surface area contributed by atoms with Crippen LogP contribution in [0.1, 0.15) is 24.4 Å². The first-order valence-corrected chi connectivity index (χ1v) is 5.93. The van der Waals surface area contributed by atoms with Gasteiger partial charge in [-0.25, -0.2) is 4.98 Å². The first kappa shape index (κ1) is 12.3. The summed E-state index contributed by atoms with van der Waals surface area (Å²) in [5.74, 6) is 0.840. The number of amides is 1. The molecule has 0 fully saturated rings. The van der Waals surface area contributed by atoms with E-state index < -0.39 is 0 Å². The summed E-state index contributed by atoms with van der Waals surface area (Å²) in [4.78, 5) is 16.1. The number of nitrogens with one attached hydrogen (secondary N) is 2. The predicted molar refractivity (Wildman–Crippen MR) is 67.0 cm³/mol. The Balaban J connectivity index is 1.83. The molecule has 0 aliphatic carbocycles. The molecule has 2 N–H and O–H groups in total. The van der Waals surface area contributed by atoms with Crippen LogP contribution in [0.5, 0.6) is 0 Å². The molecule has 2 aromatic heterocycles. The maximum atomic E-state index is 11.9. The molecule has 96 valence electrons. The second kappa shape index (κ2) is 5.48. The van der Waals surface area contributed by atoms with Gasteiger partial charge >= 0.3 is 0 Å². The van der Waals surface area contributed by atoms with Crippen LogP contribution in [0, 0.1) is 6.92 Å².